The van der Waals surface area contributed by atoms with Crippen LogP contribution in [0.25, 0.3) is 0 Å². The van der Waals surface area contributed by atoms with Crippen molar-refractivity contribution in [2.45, 2.75) is 32.4 Å². The van der Waals surface area contributed by atoms with Gasteiger partial charge in [-0.25, -0.2) is 4.98 Å². The molecular formula is C16H23N3O4. The molecule has 1 aromatic heterocycles. The van der Waals surface area contributed by atoms with Crippen molar-refractivity contribution in [2.24, 2.45) is 0 Å². The van der Waals surface area contributed by atoms with Crippen LogP contribution in [0.4, 0.5) is 0 Å². The maximum Gasteiger partial charge on any atom is 0.261 e. The van der Waals surface area contributed by atoms with Crippen molar-refractivity contribution in [3.63, 3.8) is 0 Å². The van der Waals surface area contributed by atoms with Crippen LogP contribution in [0.15, 0.2) is 18.3 Å². The number of amides is 2. The van der Waals surface area contributed by atoms with Gasteiger partial charge in [-0.15, -0.1) is 0 Å². The highest BCUT2D eigenvalue weighted by Crippen LogP contribution is 2.15. The number of morpholine rings is 1. The number of pyridine rings is 1. The van der Waals surface area contributed by atoms with Gasteiger partial charge in [-0.1, -0.05) is 19.4 Å². The summed E-state index contributed by atoms with van der Waals surface area (Å²) in [6, 6.07) is 3.62. The van der Waals surface area contributed by atoms with Crippen LogP contribution >= 0.6 is 0 Å². The number of hydrogen-bond donors (Lipinski definition) is 1. The van der Waals surface area contributed by atoms with Crippen LogP contribution in [0.2, 0.25) is 0 Å². The van der Waals surface area contributed by atoms with Crippen molar-refractivity contribution in [1.82, 2.24) is 15.2 Å². The van der Waals surface area contributed by atoms with E-state index in [0.717, 1.165) is 18.4 Å². The molecule has 1 N–H and O–H groups in total. The standard InChI is InChI=1S/C16H23N3O4/c1-3-4-9-23-15-12(6-5-7-17-15)11-18-14(20)13-16(21)19(2)8-10-22-13/h5-7,13H,3-4,8-11H2,1-2H3,(H,18,20). The van der Waals surface area contributed by atoms with Crippen LogP contribution in [0.3, 0.4) is 0 Å². The molecule has 1 saturated heterocycles. The van der Waals surface area contributed by atoms with E-state index in [0.29, 0.717) is 25.6 Å². The second kappa shape index (κ2) is 8.47. The third kappa shape index (κ3) is 4.66. The number of unbranched alkanes of at least 4 members (excludes halogenated alkanes) is 1. The summed E-state index contributed by atoms with van der Waals surface area (Å²) in [6.45, 7) is 3.77. The molecule has 1 aliphatic rings. The normalized spacial score (nSPS) is 17.9. The van der Waals surface area contributed by atoms with Crippen LogP contribution in [-0.4, -0.2) is 54.6 Å². The van der Waals surface area contributed by atoms with Gasteiger partial charge in [0.2, 0.25) is 12.0 Å². The Hall–Kier alpha value is -2.15. The quantitative estimate of drug-likeness (QED) is 0.591. The van der Waals surface area contributed by atoms with E-state index < -0.39 is 12.0 Å². The second-order valence-electron chi connectivity index (χ2n) is 5.40. The number of carbonyl (C=O) groups is 2. The van der Waals surface area contributed by atoms with E-state index in [1.54, 1.807) is 19.3 Å². The highest BCUT2D eigenvalue weighted by molar-refractivity contribution is 6.03. The van der Waals surface area contributed by atoms with E-state index >= 15 is 0 Å². The first kappa shape index (κ1) is 17.2. The largest absolute Gasteiger partial charge is 0.477 e. The van der Waals surface area contributed by atoms with E-state index in [9.17, 15) is 9.59 Å². The fraction of sp³-hybridized carbons (Fsp3) is 0.562. The van der Waals surface area contributed by atoms with E-state index in [2.05, 4.69) is 17.2 Å². The highest BCUT2D eigenvalue weighted by Gasteiger charge is 2.33. The van der Waals surface area contributed by atoms with Crippen LogP contribution in [0, 0.1) is 0 Å². The van der Waals surface area contributed by atoms with Gasteiger partial charge in [0.1, 0.15) is 0 Å². The fourth-order valence-corrected chi connectivity index (χ4v) is 2.15. The lowest BCUT2D eigenvalue weighted by Crippen LogP contribution is -2.52. The van der Waals surface area contributed by atoms with Gasteiger partial charge in [0, 0.05) is 31.9 Å². The first-order chi connectivity index (χ1) is 11.1. The minimum atomic E-state index is -1.07. The lowest BCUT2D eigenvalue weighted by Gasteiger charge is -2.28. The van der Waals surface area contributed by atoms with E-state index in [1.807, 2.05) is 6.07 Å². The molecule has 1 atom stereocenters. The van der Waals surface area contributed by atoms with Gasteiger partial charge in [-0.05, 0) is 12.5 Å². The summed E-state index contributed by atoms with van der Waals surface area (Å²) in [5, 5.41) is 2.72. The Morgan fingerprint density at radius 2 is 2.39 bits per heavy atom. The van der Waals surface area contributed by atoms with Crippen LogP contribution in [0.1, 0.15) is 25.3 Å². The molecule has 0 radical (unpaired) electrons. The summed E-state index contributed by atoms with van der Waals surface area (Å²) in [6.07, 6.45) is 2.55. The monoisotopic (exact) mass is 321 g/mol. The average molecular weight is 321 g/mol. The Morgan fingerprint density at radius 1 is 1.57 bits per heavy atom. The van der Waals surface area contributed by atoms with Crippen molar-refractivity contribution in [3.05, 3.63) is 23.9 Å². The highest BCUT2D eigenvalue weighted by atomic mass is 16.5. The third-order valence-corrected chi connectivity index (χ3v) is 3.59. The van der Waals surface area contributed by atoms with Gasteiger partial charge < -0.3 is 19.7 Å². The van der Waals surface area contributed by atoms with Crippen molar-refractivity contribution in [3.8, 4) is 5.88 Å². The number of hydrogen-bond acceptors (Lipinski definition) is 5. The zero-order valence-corrected chi connectivity index (χ0v) is 13.6. The Morgan fingerprint density at radius 3 is 3.17 bits per heavy atom. The fourth-order valence-electron chi connectivity index (χ4n) is 2.15. The predicted octanol–water partition coefficient (Wildman–Crippen LogP) is 0.734. The van der Waals surface area contributed by atoms with Crippen molar-refractivity contribution in [1.29, 1.82) is 0 Å². The molecule has 0 spiro atoms. The van der Waals surface area contributed by atoms with Gasteiger partial charge in [-0.2, -0.15) is 0 Å². The molecule has 2 amide bonds. The number of likely N-dealkylation sites (N-methyl/N-ethyl adjacent to an activating group) is 1. The number of carbonyl (C=O) groups excluding carboxylic acids is 2. The smallest absolute Gasteiger partial charge is 0.261 e. The molecule has 1 aliphatic heterocycles. The summed E-state index contributed by atoms with van der Waals surface area (Å²) < 4.78 is 10.9. The SMILES string of the molecule is CCCCOc1ncccc1CNC(=O)C1OCCN(C)C1=O. The number of rotatable bonds is 7. The Labute approximate surface area is 136 Å². The number of nitrogens with one attached hydrogen (secondary N) is 1. The minimum absolute atomic E-state index is 0.241. The molecular weight excluding hydrogens is 298 g/mol. The zero-order valence-electron chi connectivity index (χ0n) is 13.6. The van der Waals surface area contributed by atoms with E-state index in [4.69, 9.17) is 9.47 Å². The summed E-state index contributed by atoms with van der Waals surface area (Å²) >= 11 is 0. The van der Waals surface area contributed by atoms with Crippen LogP contribution in [-0.2, 0) is 20.9 Å². The number of nitrogens with zero attached hydrogens (tertiary/aromatic N) is 2. The van der Waals surface area contributed by atoms with Crippen LogP contribution < -0.4 is 10.1 Å². The van der Waals surface area contributed by atoms with Gasteiger partial charge in [0.05, 0.1) is 13.2 Å². The molecule has 1 unspecified atom stereocenters. The van der Waals surface area contributed by atoms with Crippen molar-refractivity contribution < 1.29 is 19.1 Å². The second-order valence-corrected chi connectivity index (χ2v) is 5.40. The third-order valence-electron chi connectivity index (χ3n) is 3.59. The first-order valence-electron chi connectivity index (χ1n) is 7.84. The van der Waals surface area contributed by atoms with Gasteiger partial charge in [0.15, 0.2) is 0 Å². The predicted molar refractivity (Wildman–Crippen MR) is 83.9 cm³/mol. The molecule has 7 heteroatoms. The Balaban J connectivity index is 1.92. The topological polar surface area (TPSA) is 80.8 Å². The molecule has 0 aromatic carbocycles. The summed E-state index contributed by atoms with van der Waals surface area (Å²) in [5.41, 5.74) is 0.772. The molecule has 1 fully saturated rings. The Kier molecular flexibility index (Phi) is 6.34. The van der Waals surface area contributed by atoms with E-state index in [1.165, 1.54) is 4.90 Å². The van der Waals surface area contributed by atoms with Gasteiger partial charge in [0.25, 0.3) is 11.8 Å². The van der Waals surface area contributed by atoms with Gasteiger partial charge >= 0.3 is 0 Å². The molecule has 0 aliphatic carbocycles. The molecule has 0 saturated carbocycles. The van der Waals surface area contributed by atoms with Crippen molar-refractivity contribution >= 4 is 11.8 Å². The molecule has 1 aromatic rings. The van der Waals surface area contributed by atoms with Crippen LogP contribution in [0.5, 0.6) is 5.88 Å². The number of ether oxygens (including phenoxy) is 2. The van der Waals surface area contributed by atoms with E-state index in [-0.39, 0.29) is 12.5 Å². The Bertz CT molecular complexity index is 550. The lowest BCUT2D eigenvalue weighted by molar-refractivity contribution is -0.158. The molecule has 7 nitrogen and oxygen atoms in total. The molecule has 23 heavy (non-hydrogen) atoms. The summed E-state index contributed by atoms with van der Waals surface area (Å²) in [7, 11) is 1.66. The molecule has 126 valence electrons. The van der Waals surface area contributed by atoms with Crippen molar-refractivity contribution in [2.75, 3.05) is 26.8 Å². The maximum absolute atomic E-state index is 12.2. The van der Waals surface area contributed by atoms with Gasteiger partial charge in [-0.3, -0.25) is 9.59 Å². The number of aromatic nitrogens is 1. The molecule has 2 rings (SSSR count). The summed E-state index contributed by atoms with van der Waals surface area (Å²) in [5.74, 6) is -0.251. The average Bonchev–Trinajstić information content (AvgIpc) is 2.56. The lowest BCUT2D eigenvalue weighted by atomic mass is 10.2. The summed E-state index contributed by atoms with van der Waals surface area (Å²) in [4.78, 5) is 29.8. The minimum Gasteiger partial charge on any atom is -0.477 e. The molecule has 0 bridgehead atoms. The molecule has 2 heterocycles. The first-order valence-corrected chi connectivity index (χ1v) is 7.84. The zero-order chi connectivity index (χ0) is 16.7. The maximum atomic E-state index is 12.2.